The predicted octanol–water partition coefficient (Wildman–Crippen LogP) is 5.57. The zero-order valence-electron chi connectivity index (χ0n) is 19.5. The summed E-state index contributed by atoms with van der Waals surface area (Å²) in [7, 11) is 1.34. The van der Waals surface area contributed by atoms with Crippen molar-refractivity contribution in [2.24, 2.45) is 17.3 Å². The summed E-state index contributed by atoms with van der Waals surface area (Å²) in [6.45, 7) is 6.09. The Balaban J connectivity index is 1.37. The zero-order valence-corrected chi connectivity index (χ0v) is 19.5. The maximum atomic E-state index is 13.5. The first-order chi connectivity index (χ1) is 15.2. The predicted molar refractivity (Wildman–Crippen MR) is 119 cm³/mol. The molecule has 2 unspecified atom stereocenters. The third-order valence-electron chi connectivity index (χ3n) is 8.33. The van der Waals surface area contributed by atoms with E-state index in [1.165, 1.54) is 43.1 Å². The van der Waals surface area contributed by atoms with Gasteiger partial charge in [-0.15, -0.1) is 0 Å². The highest BCUT2D eigenvalue weighted by Gasteiger charge is 2.61. The van der Waals surface area contributed by atoms with E-state index in [4.69, 9.17) is 13.9 Å². The van der Waals surface area contributed by atoms with Crippen molar-refractivity contribution in [1.29, 1.82) is 0 Å². The minimum atomic E-state index is -0.444. The highest BCUT2D eigenvalue weighted by Crippen LogP contribution is 2.66. The van der Waals surface area contributed by atoms with Crippen LogP contribution in [0.25, 0.3) is 0 Å². The molecule has 0 radical (unpaired) electrons. The largest absolute Gasteiger partial charge is 0.465 e. The van der Waals surface area contributed by atoms with E-state index < -0.39 is 11.4 Å². The number of ether oxygens (including phenoxy) is 2. The molecule has 0 spiro atoms. The van der Waals surface area contributed by atoms with Crippen LogP contribution in [0.1, 0.15) is 77.1 Å². The Hall–Kier alpha value is -2.56. The molecule has 1 heterocycles. The Kier molecular flexibility index (Phi) is 4.99. The fourth-order valence-electron chi connectivity index (χ4n) is 7.13. The Bertz CT molecular complexity index is 1060. The first-order valence-electron chi connectivity index (χ1n) is 11.7. The summed E-state index contributed by atoms with van der Waals surface area (Å²) in [6, 6.07) is 8.48. The third kappa shape index (κ3) is 3.37. The second kappa shape index (κ2) is 7.50. The SMILES string of the molecule is COC(=O)c1cc(COC(=O)C23C[C@H]4C[C@@H](C2)CC(c2ccc(C)c(C)c2)(C4)C3)oc1C. The van der Waals surface area contributed by atoms with Crippen molar-refractivity contribution in [2.75, 3.05) is 7.11 Å². The van der Waals surface area contributed by atoms with Crippen molar-refractivity contribution in [1.82, 2.24) is 0 Å². The van der Waals surface area contributed by atoms with Crippen LogP contribution in [-0.4, -0.2) is 19.0 Å². The van der Waals surface area contributed by atoms with E-state index in [1.54, 1.807) is 13.0 Å². The van der Waals surface area contributed by atoms with E-state index in [2.05, 4.69) is 32.0 Å². The van der Waals surface area contributed by atoms with Crippen molar-refractivity contribution in [3.05, 3.63) is 58.0 Å². The molecule has 4 fully saturated rings. The molecular weight excluding hydrogens is 404 g/mol. The summed E-state index contributed by atoms with van der Waals surface area (Å²) < 4.78 is 16.3. The van der Waals surface area contributed by atoms with Gasteiger partial charge in [0.25, 0.3) is 0 Å². The van der Waals surface area contributed by atoms with Crippen LogP contribution in [0.3, 0.4) is 0 Å². The van der Waals surface area contributed by atoms with Crippen LogP contribution in [0.15, 0.2) is 28.7 Å². The molecule has 0 N–H and O–H groups in total. The van der Waals surface area contributed by atoms with Gasteiger partial charge < -0.3 is 13.9 Å². The Morgan fingerprint density at radius 2 is 1.75 bits per heavy atom. The lowest BCUT2D eigenvalue weighted by Gasteiger charge is -2.61. The molecule has 1 aromatic carbocycles. The lowest BCUT2D eigenvalue weighted by molar-refractivity contribution is -0.176. The summed E-state index contributed by atoms with van der Waals surface area (Å²) in [4.78, 5) is 25.3. The first kappa shape index (κ1) is 21.3. The van der Waals surface area contributed by atoms with Gasteiger partial charge in [-0.2, -0.15) is 0 Å². The number of hydrogen-bond acceptors (Lipinski definition) is 5. The lowest BCUT2D eigenvalue weighted by atomic mass is 9.43. The smallest absolute Gasteiger partial charge is 0.341 e. The monoisotopic (exact) mass is 436 g/mol. The van der Waals surface area contributed by atoms with Gasteiger partial charge in [0, 0.05) is 0 Å². The third-order valence-corrected chi connectivity index (χ3v) is 8.33. The molecule has 4 aliphatic rings. The van der Waals surface area contributed by atoms with E-state index in [0.717, 1.165) is 19.3 Å². The summed E-state index contributed by atoms with van der Waals surface area (Å²) in [5.41, 5.74) is 4.09. The van der Waals surface area contributed by atoms with Crippen molar-refractivity contribution in [3.63, 3.8) is 0 Å². The number of furan rings is 1. The number of rotatable bonds is 5. The van der Waals surface area contributed by atoms with Crippen LogP contribution in [0.4, 0.5) is 0 Å². The van der Waals surface area contributed by atoms with Gasteiger partial charge in [-0.05, 0) is 99.3 Å². The summed E-state index contributed by atoms with van der Waals surface area (Å²) in [5.74, 6) is 1.58. The van der Waals surface area contributed by atoms with Gasteiger partial charge in [0.1, 0.15) is 23.7 Å². The highest BCUT2D eigenvalue weighted by molar-refractivity contribution is 5.90. The van der Waals surface area contributed by atoms with E-state index in [1.807, 2.05) is 0 Å². The van der Waals surface area contributed by atoms with Crippen molar-refractivity contribution >= 4 is 11.9 Å². The standard InChI is InChI=1S/C27H32O5/c1-16-5-6-21(7-17(16)2)26-10-19-8-20(11-26)13-27(12-19,15-26)25(29)31-14-22-9-23(18(3)32-22)24(28)30-4/h5-7,9,19-20H,8,10-15H2,1-4H3/t19-,20+,26?,27?. The molecule has 0 aliphatic heterocycles. The Labute approximate surface area is 189 Å². The molecule has 0 amide bonds. The van der Waals surface area contributed by atoms with Crippen LogP contribution in [0, 0.1) is 38.0 Å². The lowest BCUT2D eigenvalue weighted by Crippen LogP contribution is -2.57. The van der Waals surface area contributed by atoms with E-state index in [-0.39, 0.29) is 18.0 Å². The second-order valence-corrected chi connectivity index (χ2v) is 10.6. The average molecular weight is 437 g/mol. The molecule has 5 nitrogen and oxygen atoms in total. The van der Waals surface area contributed by atoms with Gasteiger partial charge in [-0.3, -0.25) is 4.79 Å². The van der Waals surface area contributed by atoms with E-state index in [9.17, 15) is 9.59 Å². The van der Waals surface area contributed by atoms with Crippen LogP contribution in [0.2, 0.25) is 0 Å². The minimum absolute atomic E-state index is 0.0460. The summed E-state index contributed by atoms with van der Waals surface area (Å²) >= 11 is 0. The molecule has 4 aliphatic carbocycles. The van der Waals surface area contributed by atoms with E-state index in [0.29, 0.717) is 28.9 Å². The summed E-state index contributed by atoms with van der Waals surface area (Å²) in [5, 5.41) is 0. The van der Waals surface area contributed by atoms with Gasteiger partial charge in [0.15, 0.2) is 0 Å². The number of esters is 2. The van der Waals surface area contributed by atoms with Gasteiger partial charge in [0.05, 0.1) is 12.5 Å². The average Bonchev–Trinajstić information content (AvgIpc) is 3.13. The second-order valence-electron chi connectivity index (χ2n) is 10.6. The van der Waals surface area contributed by atoms with Crippen LogP contribution < -0.4 is 0 Å². The number of carbonyl (C=O) groups excluding carboxylic acids is 2. The molecule has 0 saturated heterocycles. The topological polar surface area (TPSA) is 65.7 Å². The molecule has 2 aromatic rings. The fraction of sp³-hybridized carbons (Fsp3) is 0.556. The number of aryl methyl sites for hydroxylation is 3. The molecule has 4 atom stereocenters. The van der Waals surface area contributed by atoms with Gasteiger partial charge >= 0.3 is 11.9 Å². The molecule has 4 bridgehead atoms. The van der Waals surface area contributed by atoms with Gasteiger partial charge in [-0.25, -0.2) is 4.79 Å². The number of carbonyl (C=O) groups is 2. The van der Waals surface area contributed by atoms with Crippen LogP contribution in [0.5, 0.6) is 0 Å². The molecule has 170 valence electrons. The number of hydrogen-bond donors (Lipinski definition) is 0. The van der Waals surface area contributed by atoms with Crippen molar-refractivity contribution < 1.29 is 23.5 Å². The normalized spacial score (nSPS) is 30.4. The minimum Gasteiger partial charge on any atom is -0.465 e. The molecule has 5 heteroatoms. The number of methoxy groups -OCH3 is 1. The maximum Gasteiger partial charge on any atom is 0.341 e. The Morgan fingerprint density at radius 3 is 2.41 bits per heavy atom. The van der Waals surface area contributed by atoms with Gasteiger partial charge in [0.2, 0.25) is 0 Å². The van der Waals surface area contributed by atoms with Gasteiger partial charge in [-0.1, -0.05) is 18.2 Å². The molecule has 4 saturated carbocycles. The Morgan fingerprint density at radius 1 is 1.03 bits per heavy atom. The number of benzene rings is 1. The molecule has 1 aromatic heterocycles. The van der Waals surface area contributed by atoms with Crippen molar-refractivity contribution in [3.8, 4) is 0 Å². The van der Waals surface area contributed by atoms with E-state index >= 15 is 0 Å². The molecule has 6 rings (SSSR count). The van der Waals surface area contributed by atoms with Crippen molar-refractivity contribution in [2.45, 2.75) is 71.3 Å². The highest BCUT2D eigenvalue weighted by atomic mass is 16.5. The van der Waals surface area contributed by atoms with Crippen LogP contribution >= 0.6 is 0 Å². The summed E-state index contributed by atoms with van der Waals surface area (Å²) in [6.07, 6.45) is 6.33. The maximum absolute atomic E-state index is 13.5. The molecule has 32 heavy (non-hydrogen) atoms. The molecular formula is C27H32O5. The van der Waals surface area contributed by atoms with Crippen LogP contribution in [-0.2, 0) is 26.3 Å². The fourth-order valence-corrected chi connectivity index (χ4v) is 7.13. The first-order valence-corrected chi connectivity index (χ1v) is 11.7. The zero-order chi connectivity index (χ0) is 22.7. The quantitative estimate of drug-likeness (QED) is 0.573.